The SMILES string of the molecule is O=c1cc(O)n(CCOCC2CC2)c(=O)[nH]1. The Bertz CT molecular complexity index is 472. The van der Waals surface area contributed by atoms with E-state index in [1.165, 1.54) is 12.8 Å². The van der Waals surface area contributed by atoms with Crippen LogP contribution in [0.2, 0.25) is 0 Å². The molecule has 1 aromatic rings. The molecule has 0 aliphatic heterocycles. The van der Waals surface area contributed by atoms with Crippen molar-refractivity contribution >= 4 is 0 Å². The van der Waals surface area contributed by atoms with Gasteiger partial charge in [0.15, 0.2) is 0 Å². The molecule has 0 spiro atoms. The van der Waals surface area contributed by atoms with Gasteiger partial charge in [-0.2, -0.15) is 0 Å². The molecular weight excluding hydrogens is 212 g/mol. The van der Waals surface area contributed by atoms with Gasteiger partial charge in [-0.15, -0.1) is 0 Å². The van der Waals surface area contributed by atoms with Crippen molar-refractivity contribution in [3.8, 4) is 5.88 Å². The lowest BCUT2D eigenvalue weighted by Crippen LogP contribution is -2.30. The van der Waals surface area contributed by atoms with Crippen molar-refractivity contribution in [1.82, 2.24) is 9.55 Å². The van der Waals surface area contributed by atoms with E-state index in [0.717, 1.165) is 10.6 Å². The molecule has 1 fully saturated rings. The summed E-state index contributed by atoms with van der Waals surface area (Å²) in [5, 5.41) is 9.38. The van der Waals surface area contributed by atoms with Crippen LogP contribution >= 0.6 is 0 Å². The van der Waals surface area contributed by atoms with Crippen LogP contribution in [0.5, 0.6) is 5.88 Å². The van der Waals surface area contributed by atoms with Crippen LogP contribution in [0.25, 0.3) is 0 Å². The topological polar surface area (TPSA) is 84.3 Å². The average Bonchev–Trinajstić information content (AvgIpc) is 2.98. The number of aromatic amines is 1. The highest BCUT2D eigenvalue weighted by Gasteiger charge is 2.20. The molecule has 2 N–H and O–H groups in total. The van der Waals surface area contributed by atoms with E-state index in [-0.39, 0.29) is 12.4 Å². The van der Waals surface area contributed by atoms with Crippen molar-refractivity contribution < 1.29 is 9.84 Å². The zero-order valence-corrected chi connectivity index (χ0v) is 8.81. The van der Waals surface area contributed by atoms with Crippen LogP contribution in [-0.2, 0) is 11.3 Å². The molecule has 2 rings (SSSR count). The molecule has 0 aromatic carbocycles. The molecule has 6 nitrogen and oxygen atoms in total. The van der Waals surface area contributed by atoms with Crippen LogP contribution in [0, 0.1) is 5.92 Å². The average molecular weight is 226 g/mol. The van der Waals surface area contributed by atoms with Crippen molar-refractivity contribution in [3.63, 3.8) is 0 Å². The van der Waals surface area contributed by atoms with Crippen molar-refractivity contribution in [2.45, 2.75) is 19.4 Å². The fourth-order valence-electron chi connectivity index (χ4n) is 1.41. The standard InChI is InChI=1S/C10H14N2O4/c13-8-5-9(14)12(10(15)11-8)3-4-16-6-7-1-2-7/h5,7,14H,1-4,6H2,(H,11,13,15). The minimum Gasteiger partial charge on any atom is -0.494 e. The number of ether oxygens (including phenoxy) is 1. The molecule has 0 bridgehead atoms. The van der Waals surface area contributed by atoms with Gasteiger partial charge in [0.25, 0.3) is 5.56 Å². The number of hydrogen-bond acceptors (Lipinski definition) is 4. The van der Waals surface area contributed by atoms with E-state index < -0.39 is 11.2 Å². The zero-order chi connectivity index (χ0) is 11.5. The smallest absolute Gasteiger partial charge is 0.331 e. The molecule has 0 saturated heterocycles. The third-order valence-electron chi connectivity index (χ3n) is 2.52. The summed E-state index contributed by atoms with van der Waals surface area (Å²) in [4.78, 5) is 24.2. The van der Waals surface area contributed by atoms with E-state index in [4.69, 9.17) is 4.74 Å². The number of H-pyrrole nitrogens is 1. The third kappa shape index (κ3) is 2.73. The van der Waals surface area contributed by atoms with Gasteiger partial charge in [-0.25, -0.2) is 4.79 Å². The summed E-state index contributed by atoms with van der Waals surface area (Å²) in [6.45, 7) is 1.31. The maximum absolute atomic E-state index is 11.3. The first kappa shape index (κ1) is 10.9. The second-order valence-corrected chi connectivity index (χ2v) is 3.97. The van der Waals surface area contributed by atoms with Gasteiger partial charge in [0, 0.05) is 6.61 Å². The number of nitrogens with one attached hydrogen (secondary N) is 1. The molecular formula is C10H14N2O4. The lowest BCUT2D eigenvalue weighted by molar-refractivity contribution is 0.114. The first-order chi connectivity index (χ1) is 7.66. The summed E-state index contributed by atoms with van der Waals surface area (Å²) in [5.41, 5.74) is -1.21. The second-order valence-electron chi connectivity index (χ2n) is 3.97. The van der Waals surface area contributed by atoms with Crippen LogP contribution in [0.3, 0.4) is 0 Å². The van der Waals surface area contributed by atoms with E-state index in [1.807, 2.05) is 0 Å². The molecule has 16 heavy (non-hydrogen) atoms. The Labute approximate surface area is 91.5 Å². The Hall–Kier alpha value is -1.56. The van der Waals surface area contributed by atoms with Crippen molar-refractivity contribution in [3.05, 3.63) is 26.9 Å². The van der Waals surface area contributed by atoms with Gasteiger partial charge >= 0.3 is 5.69 Å². The summed E-state index contributed by atoms with van der Waals surface area (Å²) >= 11 is 0. The number of hydrogen-bond donors (Lipinski definition) is 2. The lowest BCUT2D eigenvalue weighted by atomic mass is 10.5. The zero-order valence-electron chi connectivity index (χ0n) is 8.81. The van der Waals surface area contributed by atoms with E-state index in [2.05, 4.69) is 4.98 Å². The van der Waals surface area contributed by atoms with Crippen LogP contribution in [0.1, 0.15) is 12.8 Å². The lowest BCUT2D eigenvalue weighted by Gasteiger charge is -2.07. The molecule has 1 aliphatic carbocycles. The largest absolute Gasteiger partial charge is 0.494 e. The van der Waals surface area contributed by atoms with Gasteiger partial charge in [0.2, 0.25) is 5.88 Å². The van der Waals surface area contributed by atoms with Gasteiger partial charge in [-0.05, 0) is 18.8 Å². The molecule has 0 radical (unpaired) electrons. The van der Waals surface area contributed by atoms with Gasteiger partial charge in [-0.3, -0.25) is 14.3 Å². The van der Waals surface area contributed by atoms with Crippen molar-refractivity contribution in [2.75, 3.05) is 13.2 Å². The number of aromatic hydroxyl groups is 1. The highest BCUT2D eigenvalue weighted by Crippen LogP contribution is 2.28. The molecule has 1 saturated carbocycles. The summed E-state index contributed by atoms with van der Waals surface area (Å²) in [6.07, 6.45) is 2.42. The Kier molecular flexibility index (Phi) is 3.09. The highest BCUT2D eigenvalue weighted by atomic mass is 16.5. The van der Waals surface area contributed by atoms with Crippen LogP contribution in [0.15, 0.2) is 15.7 Å². The van der Waals surface area contributed by atoms with E-state index in [1.54, 1.807) is 0 Å². The quantitative estimate of drug-likeness (QED) is 0.673. The van der Waals surface area contributed by atoms with Crippen LogP contribution < -0.4 is 11.2 Å². The predicted molar refractivity (Wildman–Crippen MR) is 56.5 cm³/mol. The molecule has 0 amide bonds. The third-order valence-corrected chi connectivity index (χ3v) is 2.52. The van der Waals surface area contributed by atoms with E-state index >= 15 is 0 Å². The maximum Gasteiger partial charge on any atom is 0.331 e. The van der Waals surface area contributed by atoms with Crippen molar-refractivity contribution in [2.24, 2.45) is 5.92 Å². The predicted octanol–water partition coefficient (Wildman–Crippen LogP) is -0.331. The molecule has 6 heteroatoms. The minimum absolute atomic E-state index is 0.244. The monoisotopic (exact) mass is 226 g/mol. The number of rotatable bonds is 5. The Balaban J connectivity index is 1.92. The Morgan fingerprint density at radius 1 is 1.50 bits per heavy atom. The number of aromatic nitrogens is 2. The molecule has 1 aromatic heterocycles. The van der Waals surface area contributed by atoms with Crippen molar-refractivity contribution in [1.29, 1.82) is 0 Å². The summed E-state index contributed by atoms with van der Waals surface area (Å²) < 4.78 is 6.42. The fraction of sp³-hybridized carbons (Fsp3) is 0.600. The Morgan fingerprint density at radius 3 is 2.88 bits per heavy atom. The van der Waals surface area contributed by atoms with Gasteiger partial charge in [0.1, 0.15) is 0 Å². The summed E-state index contributed by atoms with van der Waals surface area (Å²) in [7, 11) is 0. The molecule has 88 valence electrons. The highest BCUT2D eigenvalue weighted by molar-refractivity contribution is 5.05. The molecule has 1 aliphatic rings. The van der Waals surface area contributed by atoms with Gasteiger partial charge < -0.3 is 9.84 Å². The summed E-state index contributed by atoms with van der Waals surface area (Å²) in [6, 6.07) is 0.974. The second kappa shape index (κ2) is 4.52. The van der Waals surface area contributed by atoms with Crippen LogP contribution in [0.4, 0.5) is 0 Å². The molecule has 0 atom stereocenters. The summed E-state index contributed by atoms with van der Waals surface area (Å²) in [5.74, 6) is 0.338. The van der Waals surface area contributed by atoms with Crippen LogP contribution in [-0.4, -0.2) is 27.9 Å². The minimum atomic E-state index is -0.611. The first-order valence-electron chi connectivity index (χ1n) is 5.27. The Morgan fingerprint density at radius 2 is 2.25 bits per heavy atom. The molecule has 1 heterocycles. The molecule has 0 unspecified atom stereocenters. The van der Waals surface area contributed by atoms with Gasteiger partial charge in [-0.1, -0.05) is 0 Å². The van der Waals surface area contributed by atoms with E-state index in [9.17, 15) is 14.7 Å². The van der Waals surface area contributed by atoms with Gasteiger partial charge in [0.05, 0.1) is 19.2 Å². The number of nitrogens with zero attached hydrogens (tertiary/aromatic N) is 1. The normalized spacial score (nSPS) is 15.2. The van der Waals surface area contributed by atoms with E-state index in [0.29, 0.717) is 19.1 Å². The maximum atomic E-state index is 11.3. The fourth-order valence-corrected chi connectivity index (χ4v) is 1.41. The first-order valence-corrected chi connectivity index (χ1v) is 5.27.